The summed E-state index contributed by atoms with van der Waals surface area (Å²) >= 11 is 1.24. The number of aromatic nitrogens is 2. The minimum absolute atomic E-state index is 0.232. The van der Waals surface area contributed by atoms with Gasteiger partial charge in [0, 0.05) is 6.54 Å². The number of amides is 2. The summed E-state index contributed by atoms with van der Waals surface area (Å²) in [6, 6.07) is 14.2. The number of carbonyl (C=O) groups is 3. The fraction of sp³-hybridized carbons (Fsp3) is 0.238. The summed E-state index contributed by atoms with van der Waals surface area (Å²) in [5.74, 6) is -1.94. The van der Waals surface area contributed by atoms with Crippen molar-refractivity contribution in [1.29, 1.82) is 0 Å². The second-order valence-electron chi connectivity index (χ2n) is 6.66. The standard InChI is InChI=1S/C21H19N3O4S/c1-3-12-23-17-11-7-6-10-16(17)22-21(23)29-13(2)20(27)28-24-18(25)14-8-4-5-9-15(14)19(24)26/h4-11,13H,3,12H2,1-2H3. The largest absolute Gasteiger partial charge is 0.346 e. The number of hydroxylamine groups is 2. The van der Waals surface area contributed by atoms with E-state index < -0.39 is 23.0 Å². The summed E-state index contributed by atoms with van der Waals surface area (Å²) < 4.78 is 2.06. The minimum atomic E-state index is -0.681. The van der Waals surface area contributed by atoms with Crippen LogP contribution in [0.4, 0.5) is 0 Å². The molecule has 0 N–H and O–H groups in total. The van der Waals surface area contributed by atoms with Crippen molar-refractivity contribution in [3.63, 3.8) is 0 Å². The number of hydrogen-bond donors (Lipinski definition) is 0. The highest BCUT2D eigenvalue weighted by Crippen LogP contribution is 2.29. The summed E-state index contributed by atoms with van der Waals surface area (Å²) in [6.07, 6.45) is 0.918. The third kappa shape index (κ3) is 3.40. The Balaban J connectivity index is 1.51. The lowest BCUT2D eigenvalue weighted by Gasteiger charge is -2.16. The van der Waals surface area contributed by atoms with Crippen LogP contribution in [0.25, 0.3) is 11.0 Å². The molecule has 0 saturated heterocycles. The van der Waals surface area contributed by atoms with Gasteiger partial charge in [-0.25, -0.2) is 9.78 Å². The molecule has 148 valence electrons. The molecule has 1 aliphatic rings. The number of imide groups is 1. The Morgan fingerprint density at radius 3 is 2.34 bits per heavy atom. The van der Waals surface area contributed by atoms with E-state index in [0.717, 1.165) is 24.0 Å². The van der Waals surface area contributed by atoms with E-state index in [1.165, 1.54) is 23.9 Å². The van der Waals surface area contributed by atoms with Crippen molar-refractivity contribution in [3.8, 4) is 0 Å². The average molecular weight is 409 g/mol. The van der Waals surface area contributed by atoms with Crippen molar-refractivity contribution < 1.29 is 19.2 Å². The van der Waals surface area contributed by atoms with Crippen LogP contribution in [-0.2, 0) is 16.2 Å². The van der Waals surface area contributed by atoms with E-state index in [2.05, 4.69) is 16.5 Å². The third-order valence-corrected chi connectivity index (χ3v) is 5.69. The fourth-order valence-corrected chi connectivity index (χ4v) is 4.13. The summed E-state index contributed by atoms with van der Waals surface area (Å²) in [5.41, 5.74) is 2.31. The van der Waals surface area contributed by atoms with Gasteiger partial charge in [0.05, 0.1) is 22.2 Å². The molecule has 1 aliphatic heterocycles. The lowest BCUT2D eigenvalue weighted by Crippen LogP contribution is -2.35. The molecule has 1 atom stereocenters. The van der Waals surface area contributed by atoms with E-state index in [0.29, 0.717) is 10.2 Å². The molecule has 2 heterocycles. The molecule has 8 heteroatoms. The summed E-state index contributed by atoms with van der Waals surface area (Å²) in [7, 11) is 0. The van der Waals surface area contributed by atoms with Crippen LogP contribution in [0.5, 0.6) is 0 Å². The quantitative estimate of drug-likeness (QED) is 0.456. The smallest absolute Gasteiger partial charge is 0.328 e. The van der Waals surface area contributed by atoms with Crippen molar-refractivity contribution in [2.45, 2.75) is 37.2 Å². The van der Waals surface area contributed by atoms with E-state index >= 15 is 0 Å². The lowest BCUT2D eigenvalue weighted by molar-refractivity contribution is -0.167. The van der Waals surface area contributed by atoms with Crippen LogP contribution in [0.3, 0.4) is 0 Å². The van der Waals surface area contributed by atoms with Gasteiger partial charge < -0.3 is 9.40 Å². The first kappa shape index (κ1) is 19.2. The number of rotatable bonds is 6. The van der Waals surface area contributed by atoms with Gasteiger partial charge in [0.1, 0.15) is 5.25 Å². The van der Waals surface area contributed by atoms with Gasteiger partial charge in [-0.2, -0.15) is 0 Å². The molecule has 0 fully saturated rings. The third-order valence-electron chi connectivity index (χ3n) is 4.62. The highest BCUT2D eigenvalue weighted by molar-refractivity contribution is 8.00. The maximum atomic E-state index is 12.6. The van der Waals surface area contributed by atoms with Gasteiger partial charge in [0.2, 0.25) is 0 Å². The minimum Gasteiger partial charge on any atom is -0.328 e. The van der Waals surface area contributed by atoms with Crippen LogP contribution in [0.1, 0.15) is 41.0 Å². The van der Waals surface area contributed by atoms with E-state index in [9.17, 15) is 14.4 Å². The number of aryl methyl sites for hydroxylation is 1. The maximum Gasteiger partial charge on any atom is 0.346 e. The average Bonchev–Trinajstić information content (AvgIpc) is 3.19. The van der Waals surface area contributed by atoms with Gasteiger partial charge in [-0.15, -0.1) is 0 Å². The molecular weight excluding hydrogens is 390 g/mol. The Hall–Kier alpha value is -3.13. The number of thioether (sulfide) groups is 1. The van der Waals surface area contributed by atoms with E-state index in [1.807, 2.05) is 24.3 Å². The Bertz CT molecular complexity index is 1090. The normalized spacial score (nSPS) is 14.3. The lowest BCUT2D eigenvalue weighted by atomic mass is 10.1. The molecule has 7 nitrogen and oxygen atoms in total. The van der Waals surface area contributed by atoms with Gasteiger partial charge in [0.25, 0.3) is 11.8 Å². The van der Waals surface area contributed by atoms with Crippen molar-refractivity contribution in [1.82, 2.24) is 14.6 Å². The molecule has 2 amide bonds. The molecule has 0 bridgehead atoms. The monoisotopic (exact) mass is 409 g/mol. The van der Waals surface area contributed by atoms with E-state index in [1.54, 1.807) is 19.1 Å². The SMILES string of the molecule is CCCn1c(SC(C)C(=O)ON2C(=O)c3ccccc3C2=O)nc2ccccc21. The second-order valence-corrected chi connectivity index (χ2v) is 7.96. The molecule has 0 spiro atoms. The zero-order valence-electron chi connectivity index (χ0n) is 16.0. The Labute approximate surface area is 171 Å². The second kappa shape index (κ2) is 7.71. The van der Waals surface area contributed by atoms with Crippen molar-refractivity contribution in [2.24, 2.45) is 0 Å². The van der Waals surface area contributed by atoms with Crippen LogP contribution in [-0.4, -0.2) is 37.6 Å². The van der Waals surface area contributed by atoms with E-state index in [-0.39, 0.29) is 11.1 Å². The Morgan fingerprint density at radius 1 is 1.07 bits per heavy atom. The van der Waals surface area contributed by atoms with Gasteiger partial charge in [-0.1, -0.05) is 48.0 Å². The van der Waals surface area contributed by atoms with Gasteiger partial charge in [-0.3, -0.25) is 9.59 Å². The molecular formula is C21H19N3O4S. The first-order chi connectivity index (χ1) is 14.0. The highest BCUT2D eigenvalue weighted by Gasteiger charge is 2.39. The van der Waals surface area contributed by atoms with Crippen LogP contribution in [0, 0.1) is 0 Å². The fourth-order valence-electron chi connectivity index (χ4n) is 3.20. The molecule has 1 unspecified atom stereocenters. The first-order valence-electron chi connectivity index (χ1n) is 9.32. The molecule has 29 heavy (non-hydrogen) atoms. The number of benzene rings is 2. The molecule has 2 aromatic carbocycles. The van der Waals surface area contributed by atoms with Crippen LogP contribution in [0.15, 0.2) is 53.7 Å². The van der Waals surface area contributed by atoms with Crippen LogP contribution in [0.2, 0.25) is 0 Å². The predicted molar refractivity (Wildman–Crippen MR) is 108 cm³/mol. The summed E-state index contributed by atoms with van der Waals surface area (Å²) in [4.78, 5) is 47.2. The number of para-hydroxylation sites is 2. The molecule has 3 aromatic rings. The zero-order valence-corrected chi connectivity index (χ0v) is 16.8. The predicted octanol–water partition coefficient (Wildman–Crippen LogP) is 3.68. The van der Waals surface area contributed by atoms with Crippen molar-refractivity contribution >= 4 is 40.6 Å². The topological polar surface area (TPSA) is 81.5 Å². The molecule has 0 aliphatic carbocycles. The Morgan fingerprint density at radius 2 is 1.69 bits per heavy atom. The summed E-state index contributed by atoms with van der Waals surface area (Å²) in [5, 5.41) is 0.575. The molecule has 1 aromatic heterocycles. The van der Waals surface area contributed by atoms with Crippen LogP contribution < -0.4 is 0 Å². The number of carbonyl (C=O) groups excluding carboxylic acids is 3. The molecule has 0 radical (unpaired) electrons. The highest BCUT2D eigenvalue weighted by atomic mass is 32.2. The summed E-state index contributed by atoms with van der Waals surface area (Å²) in [6.45, 7) is 4.51. The van der Waals surface area contributed by atoms with E-state index in [4.69, 9.17) is 4.84 Å². The maximum absolute atomic E-state index is 12.6. The Kier molecular flexibility index (Phi) is 5.10. The number of hydrogen-bond acceptors (Lipinski definition) is 6. The number of nitrogens with zero attached hydrogens (tertiary/aromatic N) is 3. The van der Waals surface area contributed by atoms with Crippen molar-refractivity contribution in [3.05, 3.63) is 59.7 Å². The molecule has 0 saturated carbocycles. The van der Waals surface area contributed by atoms with Gasteiger partial charge >= 0.3 is 5.97 Å². The molecule has 4 rings (SSSR count). The first-order valence-corrected chi connectivity index (χ1v) is 10.2. The van der Waals surface area contributed by atoms with Gasteiger partial charge in [0.15, 0.2) is 5.16 Å². The van der Waals surface area contributed by atoms with Crippen molar-refractivity contribution in [2.75, 3.05) is 0 Å². The van der Waals surface area contributed by atoms with Gasteiger partial charge in [-0.05, 0) is 37.6 Å². The number of imidazole rings is 1. The van der Waals surface area contributed by atoms with Crippen LogP contribution >= 0.6 is 11.8 Å². The number of fused-ring (bicyclic) bond motifs is 2. The zero-order chi connectivity index (χ0) is 20.5.